The number of thiocyanates is 1. The Labute approximate surface area is 90.1 Å². The second kappa shape index (κ2) is 4.06. The molecule has 14 heavy (non-hydrogen) atoms. The fourth-order valence-electron chi connectivity index (χ4n) is 1.66. The van der Waals surface area contributed by atoms with Crippen LogP contribution in [0.2, 0.25) is 0 Å². The van der Waals surface area contributed by atoms with Crippen molar-refractivity contribution < 1.29 is 0 Å². The van der Waals surface area contributed by atoms with Gasteiger partial charge < -0.3 is 0 Å². The van der Waals surface area contributed by atoms with Crippen LogP contribution in [0, 0.1) is 45.3 Å². The Morgan fingerprint density at radius 1 is 0.786 bits per heavy atom. The van der Waals surface area contributed by atoms with Crippen LogP contribution in [0.5, 0.6) is 0 Å². The minimum atomic E-state index is 1.13. The van der Waals surface area contributed by atoms with Crippen LogP contribution in [0.4, 0.5) is 0 Å². The first-order valence-electron chi connectivity index (χ1n) is 4.63. The fourth-order valence-corrected chi connectivity index (χ4v) is 2.37. The summed E-state index contributed by atoms with van der Waals surface area (Å²) in [6.07, 6.45) is 0. The molecule has 0 unspecified atom stereocenters. The monoisotopic (exact) mass is 205 g/mol. The van der Waals surface area contributed by atoms with Gasteiger partial charge in [0.15, 0.2) is 0 Å². The topological polar surface area (TPSA) is 23.8 Å². The van der Waals surface area contributed by atoms with Gasteiger partial charge in [-0.25, -0.2) is 0 Å². The molecule has 1 rings (SSSR count). The van der Waals surface area contributed by atoms with Gasteiger partial charge in [-0.05, 0) is 74.2 Å². The number of rotatable bonds is 1. The van der Waals surface area contributed by atoms with Crippen LogP contribution >= 0.6 is 11.8 Å². The predicted molar refractivity (Wildman–Crippen MR) is 61.6 cm³/mol. The zero-order valence-electron chi connectivity index (χ0n) is 9.36. The molecule has 0 aliphatic rings. The largest absolute Gasteiger partial charge is 0.185 e. The molecule has 1 nitrogen and oxygen atoms in total. The molecule has 2 heteroatoms. The Morgan fingerprint density at radius 3 is 1.50 bits per heavy atom. The molecule has 0 saturated carbocycles. The normalized spacial score (nSPS) is 10.0. The van der Waals surface area contributed by atoms with Crippen molar-refractivity contribution >= 4 is 11.8 Å². The van der Waals surface area contributed by atoms with Crippen LogP contribution in [0.1, 0.15) is 27.8 Å². The van der Waals surface area contributed by atoms with Crippen LogP contribution in [0.25, 0.3) is 0 Å². The Bertz CT molecular complexity index is 384. The Kier molecular flexibility index (Phi) is 3.23. The highest BCUT2D eigenvalue weighted by molar-refractivity contribution is 8.03. The van der Waals surface area contributed by atoms with Crippen LogP contribution in [0.3, 0.4) is 0 Å². The van der Waals surface area contributed by atoms with Gasteiger partial charge in [0, 0.05) is 4.90 Å². The highest BCUT2D eigenvalue weighted by Gasteiger charge is 2.11. The van der Waals surface area contributed by atoms with Gasteiger partial charge in [0.1, 0.15) is 5.40 Å². The summed E-state index contributed by atoms with van der Waals surface area (Å²) in [5, 5.41) is 10.9. The van der Waals surface area contributed by atoms with Crippen molar-refractivity contribution in [3.63, 3.8) is 0 Å². The van der Waals surface area contributed by atoms with Gasteiger partial charge in [-0.3, -0.25) is 0 Å². The lowest BCUT2D eigenvalue weighted by atomic mass is 9.95. The number of nitriles is 1. The minimum absolute atomic E-state index is 1.13. The van der Waals surface area contributed by atoms with Crippen LogP contribution in [-0.2, 0) is 0 Å². The van der Waals surface area contributed by atoms with E-state index in [1.54, 1.807) is 0 Å². The van der Waals surface area contributed by atoms with Gasteiger partial charge in [-0.1, -0.05) is 0 Å². The van der Waals surface area contributed by atoms with Gasteiger partial charge in [0.05, 0.1) is 0 Å². The zero-order valence-corrected chi connectivity index (χ0v) is 10.2. The summed E-state index contributed by atoms with van der Waals surface area (Å²) in [7, 11) is 0. The lowest BCUT2D eigenvalue weighted by Crippen LogP contribution is -1.97. The molecule has 1 aromatic rings. The highest BCUT2D eigenvalue weighted by atomic mass is 32.2. The van der Waals surface area contributed by atoms with E-state index < -0.39 is 0 Å². The minimum Gasteiger partial charge on any atom is -0.185 e. The zero-order chi connectivity index (χ0) is 10.9. The molecule has 0 aliphatic heterocycles. The third-order valence-electron chi connectivity index (χ3n) is 3.08. The quantitative estimate of drug-likeness (QED) is 0.514. The number of nitrogens with zero attached hydrogens (tertiary/aromatic N) is 1. The van der Waals surface area contributed by atoms with E-state index in [0.29, 0.717) is 0 Å². The Balaban J connectivity index is 3.53. The van der Waals surface area contributed by atoms with Gasteiger partial charge >= 0.3 is 0 Å². The van der Waals surface area contributed by atoms with Crippen LogP contribution < -0.4 is 0 Å². The van der Waals surface area contributed by atoms with Gasteiger partial charge in [-0.15, -0.1) is 0 Å². The first-order chi connectivity index (χ1) is 6.50. The SMILES string of the molecule is Cc1c(C)c(C)c(SC#N)c(C)c1C. The van der Waals surface area contributed by atoms with Crippen molar-refractivity contribution in [1.29, 1.82) is 5.26 Å². The summed E-state index contributed by atoms with van der Waals surface area (Å²) in [6.45, 7) is 10.6. The summed E-state index contributed by atoms with van der Waals surface area (Å²) in [4.78, 5) is 1.13. The summed E-state index contributed by atoms with van der Waals surface area (Å²) in [5.74, 6) is 0. The maximum Gasteiger partial charge on any atom is 0.138 e. The molecule has 0 radical (unpaired) electrons. The Hall–Kier alpha value is -0.940. The van der Waals surface area contributed by atoms with Gasteiger partial charge in [0.25, 0.3) is 0 Å². The van der Waals surface area contributed by atoms with Crippen molar-refractivity contribution in [2.24, 2.45) is 0 Å². The van der Waals surface area contributed by atoms with Crippen molar-refractivity contribution in [2.75, 3.05) is 0 Å². The molecular weight excluding hydrogens is 190 g/mol. The van der Waals surface area contributed by atoms with Crippen molar-refractivity contribution in [2.45, 2.75) is 39.5 Å². The number of thioether (sulfide) groups is 1. The summed E-state index contributed by atoms with van der Waals surface area (Å²) in [5.41, 5.74) is 6.47. The highest BCUT2D eigenvalue weighted by Crippen LogP contribution is 2.32. The van der Waals surface area contributed by atoms with E-state index in [9.17, 15) is 0 Å². The van der Waals surface area contributed by atoms with Crippen molar-refractivity contribution in [3.8, 4) is 5.40 Å². The van der Waals surface area contributed by atoms with E-state index >= 15 is 0 Å². The van der Waals surface area contributed by atoms with Crippen molar-refractivity contribution in [3.05, 3.63) is 27.8 Å². The fraction of sp³-hybridized carbons (Fsp3) is 0.417. The lowest BCUT2D eigenvalue weighted by Gasteiger charge is -2.15. The average molecular weight is 205 g/mol. The molecule has 0 amide bonds. The van der Waals surface area contributed by atoms with Gasteiger partial charge in [0.2, 0.25) is 0 Å². The predicted octanol–water partition coefficient (Wildman–Crippen LogP) is 3.80. The third kappa shape index (κ3) is 1.65. The maximum atomic E-state index is 8.73. The van der Waals surface area contributed by atoms with Crippen molar-refractivity contribution in [1.82, 2.24) is 0 Å². The molecule has 1 aromatic carbocycles. The summed E-state index contributed by atoms with van der Waals surface area (Å²) in [6, 6.07) is 0. The number of hydrogen-bond donors (Lipinski definition) is 0. The molecule has 0 N–H and O–H groups in total. The van der Waals surface area contributed by atoms with E-state index in [2.05, 4.69) is 40.0 Å². The molecular formula is C12H15NS. The number of benzene rings is 1. The molecule has 0 bridgehead atoms. The van der Waals surface area contributed by atoms with E-state index in [-0.39, 0.29) is 0 Å². The second-order valence-electron chi connectivity index (χ2n) is 3.65. The lowest BCUT2D eigenvalue weighted by molar-refractivity contribution is 1.09. The van der Waals surface area contributed by atoms with E-state index in [1.165, 1.54) is 39.6 Å². The van der Waals surface area contributed by atoms with Gasteiger partial charge in [-0.2, -0.15) is 5.26 Å². The number of hydrogen-bond acceptors (Lipinski definition) is 2. The molecule has 0 saturated heterocycles. The molecule has 74 valence electrons. The summed E-state index contributed by atoms with van der Waals surface area (Å²) < 4.78 is 0. The van der Waals surface area contributed by atoms with E-state index in [1.807, 2.05) is 0 Å². The molecule has 0 fully saturated rings. The maximum absolute atomic E-state index is 8.73. The Morgan fingerprint density at radius 2 is 1.14 bits per heavy atom. The second-order valence-corrected chi connectivity index (χ2v) is 4.44. The summed E-state index contributed by atoms with van der Waals surface area (Å²) >= 11 is 1.27. The smallest absolute Gasteiger partial charge is 0.138 e. The standard InChI is InChI=1S/C12H15NS/c1-7-8(2)10(4)12(14-6-13)11(5)9(7)3/h1-5H3. The molecule has 0 aromatic heterocycles. The van der Waals surface area contributed by atoms with E-state index in [0.717, 1.165) is 4.90 Å². The van der Waals surface area contributed by atoms with Crippen LogP contribution in [-0.4, -0.2) is 0 Å². The first kappa shape index (κ1) is 11.1. The van der Waals surface area contributed by atoms with Crippen LogP contribution in [0.15, 0.2) is 4.90 Å². The molecule has 0 heterocycles. The average Bonchev–Trinajstić information content (AvgIpc) is 2.19. The molecule has 0 spiro atoms. The first-order valence-corrected chi connectivity index (χ1v) is 5.45. The van der Waals surface area contributed by atoms with E-state index in [4.69, 9.17) is 5.26 Å². The third-order valence-corrected chi connectivity index (χ3v) is 3.99. The molecule has 0 aliphatic carbocycles. The molecule has 0 atom stereocenters.